The van der Waals surface area contributed by atoms with E-state index in [0.717, 1.165) is 52.9 Å². The Bertz CT molecular complexity index is 1130. The highest BCUT2D eigenvalue weighted by Gasteiger charge is 2.24. The first-order valence-electron chi connectivity index (χ1n) is 10.6. The van der Waals surface area contributed by atoms with Crippen LogP contribution in [0.2, 0.25) is 0 Å². The average Bonchev–Trinajstić information content (AvgIpc) is 2.77. The van der Waals surface area contributed by atoms with Crippen molar-refractivity contribution in [3.63, 3.8) is 0 Å². The molecule has 7 nitrogen and oxygen atoms in total. The lowest BCUT2D eigenvalue weighted by atomic mass is 9.97. The van der Waals surface area contributed by atoms with Crippen LogP contribution in [0.3, 0.4) is 0 Å². The molecular weight excluding hydrogens is 390 g/mol. The van der Waals surface area contributed by atoms with E-state index in [0.29, 0.717) is 12.2 Å². The van der Waals surface area contributed by atoms with Gasteiger partial charge in [0.1, 0.15) is 5.82 Å². The van der Waals surface area contributed by atoms with Crippen molar-refractivity contribution in [2.75, 3.05) is 23.3 Å². The van der Waals surface area contributed by atoms with Gasteiger partial charge in [0.2, 0.25) is 11.8 Å². The minimum atomic E-state index is -0.262. The number of carbonyl (C=O) groups excluding carboxylic acids is 2. The molecular formula is C24H27N5O2. The number of nitrogens with zero attached hydrogens (tertiary/aromatic N) is 3. The van der Waals surface area contributed by atoms with Crippen LogP contribution < -0.4 is 16.0 Å². The quantitative estimate of drug-likeness (QED) is 0.664. The highest BCUT2D eigenvalue weighted by molar-refractivity contribution is 5.94. The second-order valence-electron chi connectivity index (χ2n) is 8.14. The summed E-state index contributed by atoms with van der Waals surface area (Å²) in [6.07, 6.45) is 3.64. The van der Waals surface area contributed by atoms with Gasteiger partial charge in [0.25, 0.3) is 0 Å². The van der Waals surface area contributed by atoms with Crippen molar-refractivity contribution in [2.24, 2.45) is 11.7 Å². The van der Waals surface area contributed by atoms with E-state index < -0.39 is 0 Å². The number of amides is 2. The number of hydrogen-bond donors (Lipinski definition) is 2. The van der Waals surface area contributed by atoms with Crippen LogP contribution >= 0.6 is 0 Å². The summed E-state index contributed by atoms with van der Waals surface area (Å²) in [4.78, 5) is 35.4. The van der Waals surface area contributed by atoms with Crippen LogP contribution in [0, 0.1) is 19.8 Å². The number of pyridine rings is 2. The van der Waals surface area contributed by atoms with Crippen LogP contribution in [-0.2, 0) is 16.0 Å². The minimum Gasteiger partial charge on any atom is -0.369 e. The van der Waals surface area contributed by atoms with Crippen LogP contribution in [-0.4, -0.2) is 34.9 Å². The summed E-state index contributed by atoms with van der Waals surface area (Å²) in [6, 6.07) is 11.7. The van der Waals surface area contributed by atoms with Crippen LogP contribution in [0.15, 0.2) is 42.6 Å². The van der Waals surface area contributed by atoms with Gasteiger partial charge in [-0.2, -0.15) is 0 Å². The van der Waals surface area contributed by atoms with Gasteiger partial charge in [-0.15, -0.1) is 0 Å². The Hall–Kier alpha value is -3.48. The van der Waals surface area contributed by atoms with Gasteiger partial charge in [-0.05, 0) is 56.0 Å². The fraction of sp³-hybridized carbons (Fsp3) is 0.333. The van der Waals surface area contributed by atoms with Gasteiger partial charge in [0.05, 0.1) is 29.7 Å². The topological polar surface area (TPSA) is 101 Å². The van der Waals surface area contributed by atoms with E-state index >= 15 is 0 Å². The Kier molecular flexibility index (Phi) is 5.84. The molecule has 7 heteroatoms. The monoisotopic (exact) mass is 417 g/mol. The molecule has 0 radical (unpaired) electrons. The second kappa shape index (κ2) is 8.71. The maximum Gasteiger partial charge on any atom is 0.228 e. The standard InChI is InChI=1S/C24H27N5O2/c1-15-19-7-3-4-8-21(19)27-16(2)20(15)12-23(30)28-18-9-10-22(26-13-18)29-11-5-6-17(14-29)24(25)31/h3-4,7-10,13,17H,5-6,11-12,14H2,1-2H3,(H2,25,31)(H,28,30). The molecule has 1 aliphatic rings. The molecule has 1 atom stereocenters. The molecule has 1 aromatic carbocycles. The first kappa shape index (κ1) is 20.8. The summed E-state index contributed by atoms with van der Waals surface area (Å²) >= 11 is 0. The van der Waals surface area contributed by atoms with Crippen LogP contribution in [0.5, 0.6) is 0 Å². The fourth-order valence-electron chi connectivity index (χ4n) is 4.26. The van der Waals surface area contributed by atoms with Crippen molar-refractivity contribution in [3.8, 4) is 0 Å². The highest BCUT2D eigenvalue weighted by Crippen LogP contribution is 2.24. The van der Waals surface area contributed by atoms with E-state index in [-0.39, 0.29) is 24.2 Å². The van der Waals surface area contributed by atoms with Crippen LogP contribution in [0.25, 0.3) is 10.9 Å². The number of aromatic nitrogens is 2. The molecule has 2 amide bonds. The first-order chi connectivity index (χ1) is 14.9. The average molecular weight is 418 g/mol. The van der Waals surface area contributed by atoms with Gasteiger partial charge in [0, 0.05) is 24.2 Å². The number of rotatable bonds is 5. The Morgan fingerprint density at radius 3 is 2.74 bits per heavy atom. The third-order valence-corrected chi connectivity index (χ3v) is 6.00. The molecule has 1 unspecified atom stereocenters. The van der Waals surface area contributed by atoms with Crippen molar-refractivity contribution < 1.29 is 9.59 Å². The lowest BCUT2D eigenvalue weighted by Crippen LogP contribution is -2.41. The molecule has 3 N–H and O–H groups in total. The number of benzene rings is 1. The Labute approximate surface area is 181 Å². The van der Waals surface area contributed by atoms with Crippen molar-refractivity contribution in [2.45, 2.75) is 33.1 Å². The molecule has 3 heterocycles. The van der Waals surface area contributed by atoms with Crippen molar-refractivity contribution in [1.82, 2.24) is 9.97 Å². The number of aryl methyl sites for hydroxylation is 2. The summed E-state index contributed by atoms with van der Waals surface area (Å²) in [5, 5.41) is 4.00. The summed E-state index contributed by atoms with van der Waals surface area (Å²) in [5.41, 5.74) is 9.95. The maximum atomic E-state index is 12.7. The molecule has 2 aromatic heterocycles. The highest BCUT2D eigenvalue weighted by atomic mass is 16.2. The number of carbonyl (C=O) groups is 2. The predicted molar refractivity (Wildman–Crippen MR) is 122 cm³/mol. The summed E-state index contributed by atoms with van der Waals surface area (Å²) in [7, 11) is 0. The van der Waals surface area contributed by atoms with E-state index in [1.807, 2.05) is 50.2 Å². The lowest BCUT2D eigenvalue weighted by molar-refractivity contribution is -0.122. The number of nitrogens with one attached hydrogen (secondary N) is 1. The SMILES string of the molecule is Cc1nc2ccccc2c(C)c1CC(=O)Nc1ccc(N2CCCC(C(N)=O)C2)nc1. The molecule has 160 valence electrons. The number of piperidine rings is 1. The minimum absolute atomic E-state index is 0.107. The Morgan fingerprint density at radius 2 is 2.00 bits per heavy atom. The number of fused-ring (bicyclic) bond motifs is 1. The number of anilines is 2. The molecule has 3 aromatic rings. The van der Waals surface area contributed by atoms with Crippen LogP contribution in [0.1, 0.15) is 29.7 Å². The number of hydrogen-bond acceptors (Lipinski definition) is 5. The van der Waals surface area contributed by atoms with E-state index in [4.69, 9.17) is 5.73 Å². The molecule has 0 spiro atoms. The molecule has 0 aliphatic carbocycles. The van der Waals surface area contributed by atoms with E-state index in [2.05, 4.69) is 20.2 Å². The lowest BCUT2D eigenvalue weighted by Gasteiger charge is -2.32. The molecule has 1 saturated heterocycles. The van der Waals surface area contributed by atoms with E-state index in [1.165, 1.54) is 0 Å². The van der Waals surface area contributed by atoms with E-state index in [9.17, 15) is 9.59 Å². The molecule has 31 heavy (non-hydrogen) atoms. The van der Waals surface area contributed by atoms with Crippen LogP contribution in [0.4, 0.5) is 11.5 Å². The van der Waals surface area contributed by atoms with Gasteiger partial charge >= 0.3 is 0 Å². The summed E-state index contributed by atoms with van der Waals surface area (Å²) in [5.74, 6) is 0.276. The maximum absolute atomic E-state index is 12.7. The summed E-state index contributed by atoms with van der Waals surface area (Å²) in [6.45, 7) is 5.40. The van der Waals surface area contributed by atoms with Gasteiger partial charge < -0.3 is 16.0 Å². The number of primary amides is 1. The van der Waals surface area contributed by atoms with Crippen molar-refractivity contribution in [1.29, 1.82) is 0 Å². The molecule has 1 aliphatic heterocycles. The van der Waals surface area contributed by atoms with E-state index in [1.54, 1.807) is 6.20 Å². The normalized spacial score (nSPS) is 16.3. The van der Waals surface area contributed by atoms with Crippen molar-refractivity contribution in [3.05, 3.63) is 59.4 Å². The van der Waals surface area contributed by atoms with Gasteiger partial charge in [-0.1, -0.05) is 18.2 Å². The zero-order valence-electron chi connectivity index (χ0n) is 17.9. The smallest absolute Gasteiger partial charge is 0.228 e. The number of para-hydroxylation sites is 1. The third kappa shape index (κ3) is 4.50. The number of nitrogens with two attached hydrogens (primary N) is 1. The second-order valence-corrected chi connectivity index (χ2v) is 8.14. The van der Waals surface area contributed by atoms with Gasteiger partial charge in [-0.3, -0.25) is 14.6 Å². The molecule has 1 fully saturated rings. The zero-order chi connectivity index (χ0) is 22.0. The molecule has 4 rings (SSSR count). The van der Waals surface area contributed by atoms with Gasteiger partial charge in [0.15, 0.2) is 0 Å². The first-order valence-corrected chi connectivity index (χ1v) is 10.6. The third-order valence-electron chi connectivity index (χ3n) is 6.00. The Morgan fingerprint density at radius 1 is 1.19 bits per heavy atom. The zero-order valence-corrected chi connectivity index (χ0v) is 17.9. The largest absolute Gasteiger partial charge is 0.369 e. The predicted octanol–water partition coefficient (Wildman–Crippen LogP) is 3.13. The van der Waals surface area contributed by atoms with Gasteiger partial charge in [-0.25, -0.2) is 4.98 Å². The Balaban J connectivity index is 1.44. The molecule has 0 bridgehead atoms. The van der Waals surface area contributed by atoms with Crippen molar-refractivity contribution >= 4 is 34.2 Å². The summed E-state index contributed by atoms with van der Waals surface area (Å²) < 4.78 is 0. The molecule has 0 saturated carbocycles. The fourth-order valence-corrected chi connectivity index (χ4v) is 4.26.